The molecule has 0 bridgehead atoms. The van der Waals surface area contributed by atoms with Gasteiger partial charge in [-0.25, -0.2) is 9.10 Å². The fourth-order valence-electron chi connectivity index (χ4n) is 3.18. The summed E-state index contributed by atoms with van der Waals surface area (Å²) in [5.41, 5.74) is 3.87. The summed E-state index contributed by atoms with van der Waals surface area (Å²) in [6.45, 7) is 14.7. The molecule has 0 N–H and O–H groups in total. The normalized spacial score (nSPS) is 15.7. The molecule has 28 heavy (non-hydrogen) atoms. The zero-order valence-electron chi connectivity index (χ0n) is 17.5. The van der Waals surface area contributed by atoms with Crippen molar-refractivity contribution in [2.75, 3.05) is 26.2 Å². The number of carbonyl (C=O) groups is 1. The summed E-state index contributed by atoms with van der Waals surface area (Å²) in [5, 5.41) is 4.07. The fraction of sp³-hybridized carbons (Fsp3) is 0.524. The third-order valence-electron chi connectivity index (χ3n) is 4.63. The van der Waals surface area contributed by atoms with Gasteiger partial charge in [0.2, 0.25) is 0 Å². The van der Waals surface area contributed by atoms with Gasteiger partial charge in [-0.2, -0.15) is 0 Å². The average Bonchev–Trinajstić information content (AvgIpc) is 2.95. The molecule has 1 saturated heterocycles. The summed E-state index contributed by atoms with van der Waals surface area (Å²) in [6, 6.07) is 6.46. The van der Waals surface area contributed by atoms with Crippen LogP contribution in [0, 0.1) is 20.8 Å². The molecule has 2 heterocycles. The Bertz CT molecular complexity index is 830. The first-order valence-corrected chi connectivity index (χ1v) is 10.4. The molecular weight excluding hydrogens is 374 g/mol. The van der Waals surface area contributed by atoms with Crippen LogP contribution in [0.25, 0.3) is 11.1 Å². The Hall–Kier alpha value is -1.99. The van der Waals surface area contributed by atoms with Gasteiger partial charge >= 0.3 is 6.09 Å². The molecule has 1 aromatic heterocycles. The van der Waals surface area contributed by atoms with Crippen LogP contribution in [0.4, 0.5) is 4.79 Å². The first kappa shape index (κ1) is 20.7. The van der Waals surface area contributed by atoms with Crippen LogP contribution < -0.4 is 0 Å². The minimum absolute atomic E-state index is 0.228. The minimum Gasteiger partial charge on any atom is -0.444 e. The molecule has 1 aromatic carbocycles. The van der Waals surface area contributed by atoms with E-state index in [1.807, 2.05) is 34.6 Å². The molecular formula is C21H29N3O3S. The lowest BCUT2D eigenvalue weighted by atomic mass is 10.0. The maximum Gasteiger partial charge on any atom is 0.410 e. The van der Waals surface area contributed by atoms with Gasteiger partial charge in [0, 0.05) is 36.6 Å². The lowest BCUT2D eigenvalue weighted by Crippen LogP contribution is -2.47. The quantitative estimate of drug-likeness (QED) is 0.685. The Morgan fingerprint density at radius 3 is 2.39 bits per heavy atom. The van der Waals surface area contributed by atoms with Crippen LogP contribution in [0.15, 0.2) is 27.6 Å². The molecule has 1 aliphatic heterocycles. The van der Waals surface area contributed by atoms with Crippen molar-refractivity contribution < 1.29 is 14.1 Å². The smallest absolute Gasteiger partial charge is 0.410 e. The second kappa shape index (κ2) is 8.17. The van der Waals surface area contributed by atoms with Crippen LogP contribution in [-0.2, 0) is 4.74 Å². The fourth-order valence-corrected chi connectivity index (χ4v) is 4.19. The van der Waals surface area contributed by atoms with Gasteiger partial charge in [-0.05, 0) is 70.7 Å². The third-order valence-corrected chi connectivity index (χ3v) is 5.89. The van der Waals surface area contributed by atoms with Gasteiger partial charge in [-0.1, -0.05) is 17.3 Å². The first-order chi connectivity index (χ1) is 13.1. The van der Waals surface area contributed by atoms with E-state index in [-0.39, 0.29) is 6.09 Å². The minimum atomic E-state index is -0.460. The van der Waals surface area contributed by atoms with Crippen molar-refractivity contribution in [2.45, 2.75) is 52.0 Å². The average molecular weight is 404 g/mol. The van der Waals surface area contributed by atoms with Crippen molar-refractivity contribution in [2.24, 2.45) is 0 Å². The van der Waals surface area contributed by atoms with Crippen molar-refractivity contribution in [3.63, 3.8) is 0 Å². The van der Waals surface area contributed by atoms with Gasteiger partial charge in [0.05, 0.1) is 5.69 Å². The van der Waals surface area contributed by atoms with Gasteiger partial charge in [-0.15, -0.1) is 0 Å². The molecule has 0 radical (unpaired) electrons. The van der Waals surface area contributed by atoms with Gasteiger partial charge in [0.25, 0.3) is 0 Å². The van der Waals surface area contributed by atoms with Crippen LogP contribution in [0.3, 0.4) is 0 Å². The highest BCUT2D eigenvalue weighted by atomic mass is 32.2. The molecule has 0 aliphatic carbocycles. The van der Waals surface area contributed by atoms with Crippen molar-refractivity contribution >= 4 is 18.0 Å². The van der Waals surface area contributed by atoms with Gasteiger partial charge in [-0.3, -0.25) is 0 Å². The largest absolute Gasteiger partial charge is 0.444 e. The first-order valence-electron chi connectivity index (χ1n) is 9.59. The van der Waals surface area contributed by atoms with E-state index in [4.69, 9.17) is 9.26 Å². The van der Waals surface area contributed by atoms with Gasteiger partial charge < -0.3 is 14.2 Å². The van der Waals surface area contributed by atoms with Crippen molar-refractivity contribution in [3.8, 4) is 11.1 Å². The van der Waals surface area contributed by atoms with Crippen LogP contribution >= 0.6 is 11.9 Å². The Balaban J connectivity index is 1.65. The number of hydrogen-bond acceptors (Lipinski definition) is 6. The molecule has 152 valence electrons. The van der Waals surface area contributed by atoms with Crippen molar-refractivity contribution in [1.82, 2.24) is 14.4 Å². The summed E-state index contributed by atoms with van der Waals surface area (Å²) >= 11 is 1.74. The molecule has 7 heteroatoms. The number of nitrogens with zero attached hydrogens (tertiary/aromatic N) is 3. The molecule has 0 atom stereocenters. The van der Waals surface area contributed by atoms with Gasteiger partial charge in [0.15, 0.2) is 0 Å². The number of ether oxygens (including phenoxy) is 1. The number of rotatable bonds is 3. The van der Waals surface area contributed by atoms with E-state index < -0.39 is 5.60 Å². The maximum atomic E-state index is 12.2. The summed E-state index contributed by atoms with van der Waals surface area (Å²) in [7, 11) is 0. The molecule has 6 nitrogen and oxygen atoms in total. The Morgan fingerprint density at radius 1 is 1.14 bits per heavy atom. The van der Waals surface area contributed by atoms with E-state index in [0.717, 1.165) is 35.7 Å². The van der Waals surface area contributed by atoms with Crippen molar-refractivity contribution in [3.05, 3.63) is 35.2 Å². The number of amides is 1. The van der Waals surface area contributed by atoms with Crippen LogP contribution in [0.1, 0.15) is 37.8 Å². The van der Waals surface area contributed by atoms with E-state index in [1.54, 1.807) is 16.8 Å². The molecule has 1 amide bonds. The Labute approximate surface area is 171 Å². The maximum absolute atomic E-state index is 12.2. The molecule has 0 spiro atoms. The predicted octanol–water partition coefficient (Wildman–Crippen LogP) is 4.83. The summed E-state index contributed by atoms with van der Waals surface area (Å²) in [6.07, 6.45) is -0.228. The van der Waals surface area contributed by atoms with Crippen LogP contribution in [-0.4, -0.2) is 52.2 Å². The number of aryl methyl sites for hydroxylation is 3. The molecule has 2 aromatic rings. The van der Waals surface area contributed by atoms with E-state index in [0.29, 0.717) is 13.1 Å². The number of aromatic nitrogens is 1. The predicted molar refractivity (Wildman–Crippen MR) is 111 cm³/mol. The van der Waals surface area contributed by atoms with E-state index >= 15 is 0 Å². The number of hydrogen-bond donors (Lipinski definition) is 0. The summed E-state index contributed by atoms with van der Waals surface area (Å²) in [5.74, 6) is 0.836. The summed E-state index contributed by atoms with van der Waals surface area (Å²) < 4.78 is 13.1. The van der Waals surface area contributed by atoms with Gasteiger partial charge in [0.1, 0.15) is 11.4 Å². The summed E-state index contributed by atoms with van der Waals surface area (Å²) in [4.78, 5) is 15.2. The SMILES string of the molecule is Cc1ccc(-c2c(C)noc2C)cc1SN1CCN(C(=O)OC(C)(C)C)CC1. The van der Waals surface area contributed by atoms with E-state index in [1.165, 1.54) is 10.5 Å². The molecule has 0 saturated carbocycles. The highest BCUT2D eigenvalue weighted by Crippen LogP contribution is 2.34. The highest BCUT2D eigenvalue weighted by molar-refractivity contribution is 7.97. The Kier molecular flexibility index (Phi) is 6.05. The van der Waals surface area contributed by atoms with Crippen molar-refractivity contribution in [1.29, 1.82) is 0 Å². The highest BCUT2D eigenvalue weighted by Gasteiger charge is 2.26. The zero-order valence-corrected chi connectivity index (χ0v) is 18.4. The number of carbonyl (C=O) groups excluding carboxylic acids is 1. The molecule has 1 aliphatic rings. The van der Waals surface area contributed by atoms with E-state index in [9.17, 15) is 4.79 Å². The monoisotopic (exact) mass is 403 g/mol. The molecule has 3 rings (SSSR count). The third kappa shape index (κ3) is 4.89. The standard InChI is InChI=1S/C21H29N3O3S/c1-14-7-8-17(19-15(2)22-27-16(19)3)13-18(14)28-24-11-9-23(10-12-24)20(25)26-21(4,5)6/h7-8,13H,9-12H2,1-6H3. The number of benzene rings is 1. The van der Waals surface area contributed by atoms with Crippen LogP contribution in [0.2, 0.25) is 0 Å². The second-order valence-electron chi connectivity index (χ2n) is 8.17. The molecule has 1 fully saturated rings. The zero-order chi connectivity index (χ0) is 20.5. The Morgan fingerprint density at radius 2 is 1.82 bits per heavy atom. The van der Waals surface area contributed by atoms with Crippen LogP contribution in [0.5, 0.6) is 0 Å². The molecule has 0 unspecified atom stereocenters. The number of piperazine rings is 1. The topological polar surface area (TPSA) is 58.8 Å². The lowest BCUT2D eigenvalue weighted by Gasteiger charge is -2.35. The second-order valence-corrected chi connectivity index (χ2v) is 9.31. The lowest BCUT2D eigenvalue weighted by molar-refractivity contribution is 0.0197. The van der Waals surface area contributed by atoms with E-state index in [2.05, 4.69) is 34.6 Å².